The van der Waals surface area contributed by atoms with Gasteiger partial charge in [0, 0.05) is 16.0 Å². The predicted octanol–water partition coefficient (Wildman–Crippen LogP) is 3.80. The van der Waals surface area contributed by atoms with E-state index in [0.29, 0.717) is 11.5 Å². The molecule has 3 rings (SSSR count). The summed E-state index contributed by atoms with van der Waals surface area (Å²) >= 11 is 1.47. The van der Waals surface area contributed by atoms with Crippen molar-refractivity contribution in [2.75, 3.05) is 20.0 Å². The monoisotopic (exact) mass is 395 g/mol. The summed E-state index contributed by atoms with van der Waals surface area (Å²) in [6.45, 7) is 1.95. The van der Waals surface area contributed by atoms with Crippen molar-refractivity contribution in [2.24, 2.45) is 5.10 Å². The minimum atomic E-state index is -0.180. The lowest BCUT2D eigenvalue weighted by atomic mass is 10.2. The van der Waals surface area contributed by atoms with Gasteiger partial charge in [0.2, 0.25) is 5.91 Å². The molecule has 144 valence electrons. The molecule has 0 spiro atoms. The van der Waals surface area contributed by atoms with E-state index in [1.165, 1.54) is 11.8 Å². The van der Waals surface area contributed by atoms with Crippen molar-refractivity contribution < 1.29 is 14.3 Å². The second-order valence-corrected chi connectivity index (χ2v) is 6.99. The number of thioether (sulfide) groups is 1. The van der Waals surface area contributed by atoms with Crippen LogP contribution in [0.2, 0.25) is 0 Å². The lowest BCUT2D eigenvalue weighted by Gasteiger charge is -2.08. The van der Waals surface area contributed by atoms with Gasteiger partial charge in [0.15, 0.2) is 11.5 Å². The van der Waals surface area contributed by atoms with E-state index in [-0.39, 0.29) is 11.7 Å². The van der Waals surface area contributed by atoms with E-state index in [2.05, 4.69) is 15.5 Å². The number of aromatic nitrogens is 1. The number of amides is 1. The molecule has 7 heteroatoms. The van der Waals surface area contributed by atoms with E-state index in [1.807, 2.05) is 43.3 Å². The maximum atomic E-state index is 12.1. The summed E-state index contributed by atoms with van der Waals surface area (Å²) in [6, 6.07) is 15.3. The second kappa shape index (κ2) is 9.23. The van der Waals surface area contributed by atoms with Crippen LogP contribution in [0.25, 0.3) is 10.9 Å². The van der Waals surface area contributed by atoms with Crippen LogP contribution in [0.4, 0.5) is 0 Å². The van der Waals surface area contributed by atoms with Gasteiger partial charge >= 0.3 is 0 Å². The van der Waals surface area contributed by atoms with Gasteiger partial charge in [0.25, 0.3) is 0 Å². The Morgan fingerprint density at radius 3 is 2.71 bits per heavy atom. The molecule has 1 heterocycles. The summed E-state index contributed by atoms with van der Waals surface area (Å²) in [6.07, 6.45) is 1.57. The van der Waals surface area contributed by atoms with Gasteiger partial charge in [-0.15, -0.1) is 11.8 Å². The van der Waals surface area contributed by atoms with Crippen molar-refractivity contribution in [3.63, 3.8) is 0 Å². The molecule has 0 aliphatic heterocycles. The Bertz CT molecular complexity index is 1020. The molecule has 0 radical (unpaired) electrons. The standard InChI is InChI=1S/C21H21N3O3S/c1-14-10-20(16-6-4-5-7-17(16)23-14)28-13-21(25)24-22-12-15-8-9-18(26-2)19(11-15)27-3/h4-12H,13H2,1-3H3,(H,24,25)/b22-12+. The maximum Gasteiger partial charge on any atom is 0.250 e. The molecular formula is C21H21N3O3S. The number of fused-ring (bicyclic) bond motifs is 1. The normalized spacial score (nSPS) is 11.0. The number of benzene rings is 2. The van der Waals surface area contributed by atoms with Crippen molar-refractivity contribution >= 4 is 34.8 Å². The minimum Gasteiger partial charge on any atom is -0.493 e. The molecule has 3 aromatic rings. The summed E-state index contributed by atoms with van der Waals surface area (Å²) in [5.74, 6) is 1.32. The molecule has 28 heavy (non-hydrogen) atoms. The molecule has 0 atom stereocenters. The van der Waals surface area contributed by atoms with Crippen LogP contribution in [0.1, 0.15) is 11.3 Å². The number of rotatable bonds is 7. The largest absolute Gasteiger partial charge is 0.493 e. The van der Waals surface area contributed by atoms with E-state index in [9.17, 15) is 4.79 Å². The molecule has 0 bridgehead atoms. The maximum absolute atomic E-state index is 12.1. The number of aryl methyl sites for hydroxylation is 1. The molecule has 0 fully saturated rings. The van der Waals surface area contributed by atoms with Crippen molar-refractivity contribution in [1.82, 2.24) is 10.4 Å². The summed E-state index contributed by atoms with van der Waals surface area (Å²) < 4.78 is 10.5. The molecule has 6 nitrogen and oxygen atoms in total. The predicted molar refractivity (Wildman–Crippen MR) is 112 cm³/mol. The minimum absolute atomic E-state index is 0.180. The average molecular weight is 395 g/mol. The van der Waals surface area contributed by atoms with Gasteiger partial charge in [-0.3, -0.25) is 9.78 Å². The second-order valence-electron chi connectivity index (χ2n) is 5.98. The van der Waals surface area contributed by atoms with Gasteiger partial charge in [-0.25, -0.2) is 5.43 Å². The summed E-state index contributed by atoms with van der Waals surface area (Å²) in [4.78, 5) is 17.7. The Hall–Kier alpha value is -3.06. The topological polar surface area (TPSA) is 72.8 Å². The van der Waals surface area contributed by atoms with Crippen LogP contribution < -0.4 is 14.9 Å². The third-order valence-electron chi connectivity index (χ3n) is 3.98. The lowest BCUT2D eigenvalue weighted by molar-refractivity contribution is -0.118. The number of carbonyl (C=O) groups excluding carboxylic acids is 1. The Morgan fingerprint density at radius 2 is 1.93 bits per heavy atom. The number of carbonyl (C=O) groups is 1. The number of nitrogens with one attached hydrogen (secondary N) is 1. The third-order valence-corrected chi connectivity index (χ3v) is 5.03. The van der Waals surface area contributed by atoms with Crippen molar-refractivity contribution in [3.8, 4) is 11.5 Å². The Balaban J connectivity index is 1.60. The van der Waals surface area contributed by atoms with Crippen LogP contribution in [-0.2, 0) is 4.79 Å². The molecule has 1 N–H and O–H groups in total. The first kappa shape index (κ1) is 19.7. The zero-order valence-corrected chi connectivity index (χ0v) is 16.7. The van der Waals surface area contributed by atoms with Crippen LogP contribution in [0, 0.1) is 6.92 Å². The number of hydrogen-bond acceptors (Lipinski definition) is 6. The summed E-state index contributed by atoms with van der Waals surface area (Å²) in [7, 11) is 3.15. The molecule has 0 unspecified atom stereocenters. The first-order valence-corrected chi connectivity index (χ1v) is 9.62. The highest BCUT2D eigenvalue weighted by molar-refractivity contribution is 8.00. The third kappa shape index (κ3) is 4.80. The number of nitrogens with zero attached hydrogens (tertiary/aromatic N) is 2. The van der Waals surface area contributed by atoms with E-state index in [1.54, 1.807) is 32.6 Å². The van der Waals surface area contributed by atoms with Gasteiger partial charge in [-0.1, -0.05) is 18.2 Å². The average Bonchev–Trinajstić information content (AvgIpc) is 2.71. The number of ether oxygens (including phenoxy) is 2. The quantitative estimate of drug-likeness (QED) is 0.374. The fourth-order valence-electron chi connectivity index (χ4n) is 2.68. The van der Waals surface area contributed by atoms with Crippen LogP contribution in [0.5, 0.6) is 11.5 Å². The molecule has 0 saturated carbocycles. The number of pyridine rings is 1. The SMILES string of the molecule is COc1ccc(/C=N/NC(=O)CSc2cc(C)nc3ccccc23)cc1OC. The van der Waals surface area contributed by atoms with E-state index >= 15 is 0 Å². The molecule has 1 aromatic heterocycles. The van der Waals surface area contributed by atoms with Gasteiger partial charge < -0.3 is 9.47 Å². The molecule has 0 aliphatic rings. The van der Waals surface area contributed by atoms with Crippen molar-refractivity contribution in [3.05, 3.63) is 59.8 Å². The van der Waals surface area contributed by atoms with Crippen molar-refractivity contribution in [1.29, 1.82) is 0 Å². The van der Waals surface area contributed by atoms with Gasteiger partial charge in [-0.2, -0.15) is 5.10 Å². The molecule has 0 aliphatic carbocycles. The Morgan fingerprint density at radius 1 is 1.14 bits per heavy atom. The van der Waals surface area contributed by atoms with Gasteiger partial charge in [-0.05, 0) is 42.8 Å². The fourth-order valence-corrected chi connectivity index (χ4v) is 3.61. The van der Waals surface area contributed by atoms with Gasteiger partial charge in [0.1, 0.15) is 0 Å². The summed E-state index contributed by atoms with van der Waals surface area (Å²) in [5, 5.41) is 5.06. The molecular weight excluding hydrogens is 374 g/mol. The van der Waals surface area contributed by atoms with Gasteiger partial charge in [0.05, 0.1) is 31.7 Å². The number of para-hydroxylation sites is 1. The van der Waals surface area contributed by atoms with Crippen molar-refractivity contribution in [2.45, 2.75) is 11.8 Å². The Kier molecular flexibility index (Phi) is 6.49. The highest BCUT2D eigenvalue weighted by Gasteiger charge is 2.07. The van der Waals surface area contributed by atoms with Crippen LogP contribution in [-0.4, -0.2) is 37.1 Å². The van der Waals surface area contributed by atoms with Crippen LogP contribution in [0.15, 0.2) is 58.5 Å². The highest BCUT2D eigenvalue weighted by Crippen LogP contribution is 2.28. The molecule has 1 amide bonds. The van der Waals surface area contributed by atoms with E-state index in [4.69, 9.17) is 9.47 Å². The molecule has 0 saturated heterocycles. The lowest BCUT2D eigenvalue weighted by Crippen LogP contribution is -2.19. The zero-order valence-electron chi connectivity index (χ0n) is 15.9. The first-order chi connectivity index (χ1) is 13.6. The van der Waals surface area contributed by atoms with Crippen LogP contribution >= 0.6 is 11.8 Å². The van der Waals surface area contributed by atoms with E-state index < -0.39 is 0 Å². The molecule has 2 aromatic carbocycles. The Labute approximate surface area is 168 Å². The van der Waals surface area contributed by atoms with E-state index in [0.717, 1.165) is 27.1 Å². The first-order valence-electron chi connectivity index (χ1n) is 8.64. The van der Waals surface area contributed by atoms with Crippen LogP contribution in [0.3, 0.4) is 0 Å². The summed E-state index contributed by atoms with van der Waals surface area (Å²) in [5.41, 5.74) is 5.20. The number of hydrogen-bond donors (Lipinski definition) is 1. The number of methoxy groups -OCH3 is 2. The zero-order chi connectivity index (χ0) is 19.9. The highest BCUT2D eigenvalue weighted by atomic mass is 32.2. The fraction of sp³-hybridized carbons (Fsp3) is 0.190. The number of hydrazone groups is 1. The smallest absolute Gasteiger partial charge is 0.250 e.